The van der Waals surface area contributed by atoms with Crippen LogP contribution in [-0.2, 0) is 0 Å². The fraction of sp³-hybridized carbons (Fsp3) is 0.273. The van der Waals surface area contributed by atoms with E-state index >= 15 is 0 Å². The Labute approximate surface area is 92.5 Å². The molecular weight excluding hydrogens is 206 g/mol. The molecular formula is C11H13N3O2. The first kappa shape index (κ1) is 10.5. The number of aromatic nitrogens is 2. The molecule has 0 spiro atoms. The first-order valence-corrected chi connectivity index (χ1v) is 5.05. The van der Waals surface area contributed by atoms with Crippen molar-refractivity contribution in [1.29, 1.82) is 0 Å². The van der Waals surface area contributed by atoms with Crippen molar-refractivity contribution in [2.45, 2.75) is 19.9 Å². The van der Waals surface area contributed by atoms with Crippen LogP contribution in [0.1, 0.15) is 24.2 Å². The topological polar surface area (TPSA) is 78.0 Å². The van der Waals surface area contributed by atoms with Crippen LogP contribution < -0.4 is 5.32 Å². The van der Waals surface area contributed by atoms with E-state index < -0.39 is 5.97 Å². The Bertz CT molecular complexity index is 531. The van der Waals surface area contributed by atoms with Gasteiger partial charge in [-0.2, -0.15) is 0 Å². The van der Waals surface area contributed by atoms with Crippen LogP contribution in [-0.4, -0.2) is 27.1 Å². The van der Waals surface area contributed by atoms with Crippen LogP contribution in [0.2, 0.25) is 0 Å². The summed E-state index contributed by atoms with van der Waals surface area (Å²) in [6, 6.07) is 2.02. The average Bonchev–Trinajstić information content (AvgIpc) is 2.61. The normalized spacial score (nSPS) is 10.9. The summed E-state index contributed by atoms with van der Waals surface area (Å²) in [5, 5.41) is 12.9. The van der Waals surface area contributed by atoms with Crippen molar-refractivity contribution < 1.29 is 9.90 Å². The maximum absolute atomic E-state index is 11.0. The largest absolute Gasteiger partial charge is 0.478 e. The number of aromatic carboxylic acids is 1. The minimum Gasteiger partial charge on any atom is -0.478 e. The predicted molar refractivity (Wildman–Crippen MR) is 61.8 cm³/mol. The van der Waals surface area contributed by atoms with Gasteiger partial charge in [0.2, 0.25) is 0 Å². The number of H-pyrrole nitrogens is 1. The van der Waals surface area contributed by atoms with Crippen LogP contribution in [0.25, 0.3) is 11.0 Å². The molecule has 2 aromatic rings. The van der Waals surface area contributed by atoms with Crippen LogP contribution in [0, 0.1) is 0 Å². The molecule has 0 amide bonds. The molecule has 84 valence electrons. The van der Waals surface area contributed by atoms with E-state index in [1.807, 2.05) is 13.8 Å². The molecule has 3 N–H and O–H groups in total. The highest BCUT2D eigenvalue weighted by Gasteiger charge is 2.14. The second-order valence-corrected chi connectivity index (χ2v) is 3.89. The van der Waals surface area contributed by atoms with Gasteiger partial charge in [0.05, 0.1) is 10.9 Å². The molecule has 0 aliphatic heterocycles. The van der Waals surface area contributed by atoms with Crippen molar-refractivity contribution in [3.05, 3.63) is 24.0 Å². The van der Waals surface area contributed by atoms with Gasteiger partial charge in [0.1, 0.15) is 5.65 Å². The van der Waals surface area contributed by atoms with Gasteiger partial charge >= 0.3 is 5.97 Å². The molecule has 0 aliphatic rings. The standard InChI is InChI=1S/C11H13N3O2/c1-6(2)14-8-3-4-12-10-9(8)7(5-13-10)11(15)16/h3-6H,1-2H3,(H,15,16)(H2,12,13,14). The van der Waals surface area contributed by atoms with Gasteiger partial charge in [-0.05, 0) is 19.9 Å². The number of pyridine rings is 1. The summed E-state index contributed by atoms with van der Waals surface area (Å²) < 4.78 is 0. The van der Waals surface area contributed by atoms with Gasteiger partial charge in [0, 0.05) is 24.1 Å². The van der Waals surface area contributed by atoms with Gasteiger partial charge < -0.3 is 15.4 Å². The first-order chi connectivity index (χ1) is 7.59. The minimum absolute atomic E-state index is 0.238. The third-order valence-corrected chi connectivity index (χ3v) is 2.25. The first-order valence-electron chi connectivity index (χ1n) is 5.05. The van der Waals surface area contributed by atoms with Gasteiger partial charge in [-0.3, -0.25) is 0 Å². The Morgan fingerprint density at radius 2 is 2.31 bits per heavy atom. The summed E-state index contributed by atoms with van der Waals surface area (Å²) in [7, 11) is 0. The average molecular weight is 219 g/mol. The third-order valence-electron chi connectivity index (χ3n) is 2.25. The second kappa shape index (κ2) is 3.84. The van der Waals surface area contributed by atoms with E-state index in [1.54, 1.807) is 12.3 Å². The smallest absolute Gasteiger partial charge is 0.338 e. The molecule has 0 unspecified atom stereocenters. The number of hydrogen-bond acceptors (Lipinski definition) is 3. The highest BCUT2D eigenvalue weighted by Crippen LogP contribution is 2.25. The van der Waals surface area contributed by atoms with Crippen LogP contribution in [0.4, 0.5) is 5.69 Å². The molecule has 0 fully saturated rings. The lowest BCUT2D eigenvalue weighted by Crippen LogP contribution is -2.10. The molecule has 5 heteroatoms. The van der Waals surface area contributed by atoms with E-state index in [0.717, 1.165) is 5.69 Å². The number of carboxylic acids is 1. The zero-order chi connectivity index (χ0) is 11.7. The maximum Gasteiger partial charge on any atom is 0.338 e. The van der Waals surface area contributed by atoms with E-state index in [-0.39, 0.29) is 11.6 Å². The van der Waals surface area contributed by atoms with Crippen molar-refractivity contribution in [3.8, 4) is 0 Å². The van der Waals surface area contributed by atoms with Crippen molar-refractivity contribution in [2.24, 2.45) is 0 Å². The van der Waals surface area contributed by atoms with Gasteiger partial charge in [0.25, 0.3) is 0 Å². The Kier molecular flexibility index (Phi) is 2.52. The fourth-order valence-corrected chi connectivity index (χ4v) is 1.66. The highest BCUT2D eigenvalue weighted by molar-refractivity contribution is 6.07. The monoisotopic (exact) mass is 219 g/mol. The van der Waals surface area contributed by atoms with Crippen LogP contribution in [0.15, 0.2) is 18.5 Å². The molecule has 0 aliphatic carbocycles. The van der Waals surface area contributed by atoms with Gasteiger partial charge in [-0.1, -0.05) is 0 Å². The molecule has 2 rings (SSSR count). The molecule has 0 radical (unpaired) electrons. The van der Waals surface area contributed by atoms with E-state index in [0.29, 0.717) is 11.0 Å². The lowest BCUT2D eigenvalue weighted by molar-refractivity contribution is 0.0699. The summed E-state index contributed by atoms with van der Waals surface area (Å²) >= 11 is 0. The Morgan fingerprint density at radius 3 is 2.94 bits per heavy atom. The third kappa shape index (κ3) is 1.71. The van der Waals surface area contributed by atoms with E-state index in [9.17, 15) is 4.79 Å². The Morgan fingerprint density at radius 1 is 1.56 bits per heavy atom. The minimum atomic E-state index is -0.953. The van der Waals surface area contributed by atoms with Crippen molar-refractivity contribution in [3.63, 3.8) is 0 Å². The van der Waals surface area contributed by atoms with Crippen LogP contribution in [0.5, 0.6) is 0 Å². The second-order valence-electron chi connectivity index (χ2n) is 3.89. The van der Waals surface area contributed by atoms with Crippen molar-refractivity contribution in [2.75, 3.05) is 5.32 Å². The molecule has 5 nitrogen and oxygen atoms in total. The SMILES string of the molecule is CC(C)Nc1ccnc2[nH]cc(C(=O)O)c12. The zero-order valence-corrected chi connectivity index (χ0v) is 9.11. The lowest BCUT2D eigenvalue weighted by atomic mass is 10.2. The summed E-state index contributed by atoms with van der Waals surface area (Å²) in [5.41, 5.74) is 1.62. The fourth-order valence-electron chi connectivity index (χ4n) is 1.66. The quantitative estimate of drug-likeness (QED) is 0.738. The Hall–Kier alpha value is -2.04. The maximum atomic E-state index is 11.0. The molecule has 2 aromatic heterocycles. The molecule has 0 atom stereocenters. The lowest BCUT2D eigenvalue weighted by Gasteiger charge is -2.11. The molecule has 0 saturated heterocycles. The molecule has 0 saturated carbocycles. The summed E-state index contributed by atoms with van der Waals surface area (Å²) in [4.78, 5) is 18.0. The van der Waals surface area contributed by atoms with Gasteiger partial charge in [-0.15, -0.1) is 0 Å². The molecule has 16 heavy (non-hydrogen) atoms. The van der Waals surface area contributed by atoms with E-state index in [4.69, 9.17) is 5.11 Å². The summed E-state index contributed by atoms with van der Waals surface area (Å²) in [6.45, 7) is 4.00. The number of carboxylic acid groups (broad SMARTS) is 1. The number of hydrogen-bond donors (Lipinski definition) is 3. The Balaban J connectivity index is 2.63. The van der Waals surface area contributed by atoms with Crippen molar-refractivity contribution in [1.82, 2.24) is 9.97 Å². The number of fused-ring (bicyclic) bond motifs is 1. The summed E-state index contributed by atoms with van der Waals surface area (Å²) in [5.74, 6) is -0.953. The zero-order valence-electron chi connectivity index (χ0n) is 9.11. The van der Waals surface area contributed by atoms with Crippen molar-refractivity contribution >= 4 is 22.7 Å². The number of nitrogens with zero attached hydrogens (tertiary/aromatic N) is 1. The van der Waals surface area contributed by atoms with E-state index in [1.165, 1.54) is 6.20 Å². The van der Waals surface area contributed by atoms with E-state index in [2.05, 4.69) is 15.3 Å². The van der Waals surface area contributed by atoms with Crippen LogP contribution in [0.3, 0.4) is 0 Å². The van der Waals surface area contributed by atoms with Gasteiger partial charge in [0.15, 0.2) is 0 Å². The van der Waals surface area contributed by atoms with Crippen LogP contribution >= 0.6 is 0 Å². The molecule has 0 bridgehead atoms. The number of anilines is 1. The predicted octanol–water partition coefficient (Wildman–Crippen LogP) is 2.08. The highest BCUT2D eigenvalue weighted by atomic mass is 16.4. The number of rotatable bonds is 3. The van der Waals surface area contributed by atoms with Gasteiger partial charge in [-0.25, -0.2) is 9.78 Å². The number of nitrogens with one attached hydrogen (secondary N) is 2. The molecule has 2 heterocycles. The molecule has 0 aromatic carbocycles. The number of aromatic amines is 1. The number of carbonyl (C=O) groups is 1. The summed E-state index contributed by atoms with van der Waals surface area (Å²) in [6.07, 6.45) is 3.11.